The molecule has 1 aromatic carbocycles. The zero-order valence-corrected chi connectivity index (χ0v) is 15.2. The fourth-order valence-corrected chi connectivity index (χ4v) is 2.79. The predicted molar refractivity (Wildman–Crippen MR) is 100 cm³/mol. The van der Waals surface area contributed by atoms with Gasteiger partial charge in [-0.1, -0.05) is 0 Å². The minimum absolute atomic E-state index is 0.0150. The summed E-state index contributed by atoms with van der Waals surface area (Å²) < 4.78 is 12.6. The van der Waals surface area contributed by atoms with Gasteiger partial charge in [0, 0.05) is 25.2 Å². The number of nitrogens with zero attached hydrogens (tertiary/aromatic N) is 2. The van der Waals surface area contributed by atoms with E-state index in [1.54, 1.807) is 31.4 Å². The first-order valence-corrected chi connectivity index (χ1v) is 8.16. The van der Waals surface area contributed by atoms with Gasteiger partial charge in [0.25, 0.3) is 5.56 Å². The van der Waals surface area contributed by atoms with E-state index in [0.717, 1.165) is 9.13 Å². The van der Waals surface area contributed by atoms with Gasteiger partial charge >= 0.3 is 5.69 Å². The van der Waals surface area contributed by atoms with E-state index >= 15 is 0 Å². The highest BCUT2D eigenvalue weighted by molar-refractivity contribution is 6.10. The molecule has 0 spiro atoms. The quantitative estimate of drug-likeness (QED) is 0.723. The number of benzene rings is 1. The van der Waals surface area contributed by atoms with Gasteiger partial charge in [-0.15, -0.1) is 0 Å². The molecule has 0 radical (unpaired) electrons. The van der Waals surface area contributed by atoms with E-state index in [-0.39, 0.29) is 30.5 Å². The molecule has 2 aromatic rings. The molecule has 142 valence electrons. The highest BCUT2D eigenvalue weighted by atomic mass is 16.5. The summed E-state index contributed by atoms with van der Waals surface area (Å²) in [5.41, 5.74) is 6.15. The summed E-state index contributed by atoms with van der Waals surface area (Å²) in [6.07, 6.45) is 0. The number of ether oxygens (including phenoxy) is 2. The van der Waals surface area contributed by atoms with E-state index in [9.17, 15) is 14.4 Å². The van der Waals surface area contributed by atoms with Gasteiger partial charge in [-0.3, -0.25) is 18.7 Å². The van der Waals surface area contributed by atoms with E-state index in [0.29, 0.717) is 22.6 Å². The molecule has 1 aromatic heterocycles. The molecule has 0 fully saturated rings. The van der Waals surface area contributed by atoms with Gasteiger partial charge in [-0.05, 0) is 24.3 Å². The Bertz CT molecular complexity index is 1050. The van der Waals surface area contributed by atoms with Crippen LogP contribution in [0.2, 0.25) is 0 Å². The maximum absolute atomic E-state index is 12.8. The van der Waals surface area contributed by atoms with E-state index in [1.807, 2.05) is 0 Å². The lowest BCUT2D eigenvalue weighted by Crippen LogP contribution is -2.39. The van der Waals surface area contributed by atoms with Crippen LogP contribution in [0.3, 0.4) is 0 Å². The number of nitrogen functional groups attached to an aromatic ring is 1. The van der Waals surface area contributed by atoms with Crippen LogP contribution in [-0.4, -0.2) is 35.2 Å². The van der Waals surface area contributed by atoms with Crippen molar-refractivity contribution in [2.75, 3.05) is 31.4 Å². The summed E-state index contributed by atoms with van der Waals surface area (Å²) >= 11 is 0. The fraction of sp³-hybridized carbons (Fsp3) is 0.278. The molecular weight excluding hydrogens is 352 g/mol. The monoisotopic (exact) mass is 372 g/mol. The molecule has 1 aliphatic heterocycles. The second-order valence-corrected chi connectivity index (χ2v) is 6.10. The number of aromatic nitrogens is 2. The fourth-order valence-electron chi connectivity index (χ4n) is 2.79. The van der Waals surface area contributed by atoms with Crippen molar-refractivity contribution in [3.63, 3.8) is 0 Å². The van der Waals surface area contributed by atoms with Crippen molar-refractivity contribution in [2.24, 2.45) is 14.1 Å². The van der Waals surface area contributed by atoms with Gasteiger partial charge in [-0.2, -0.15) is 0 Å². The first kappa shape index (κ1) is 18.5. The third-order valence-electron chi connectivity index (χ3n) is 4.47. The van der Waals surface area contributed by atoms with Crippen molar-refractivity contribution in [3.05, 3.63) is 61.9 Å². The molecule has 0 saturated heterocycles. The number of hydrogen-bond acceptors (Lipinski definition) is 7. The highest BCUT2D eigenvalue weighted by Gasteiger charge is 2.25. The number of ketones is 1. The van der Waals surface area contributed by atoms with E-state index in [1.165, 1.54) is 14.1 Å². The smallest absolute Gasteiger partial charge is 0.332 e. The third-order valence-corrected chi connectivity index (χ3v) is 4.47. The molecule has 0 unspecified atom stereocenters. The molecule has 27 heavy (non-hydrogen) atoms. The second-order valence-electron chi connectivity index (χ2n) is 6.10. The molecule has 0 saturated carbocycles. The van der Waals surface area contributed by atoms with E-state index in [4.69, 9.17) is 15.2 Å². The number of carbonyl (C=O) groups is 1. The molecule has 9 heteroatoms. The molecule has 2 heterocycles. The molecule has 0 aliphatic carbocycles. The number of nitrogens with one attached hydrogen (secondary N) is 1. The van der Waals surface area contributed by atoms with Crippen molar-refractivity contribution < 1.29 is 14.3 Å². The number of rotatable bonds is 5. The van der Waals surface area contributed by atoms with Crippen LogP contribution in [0.5, 0.6) is 5.75 Å². The Morgan fingerprint density at radius 1 is 1.15 bits per heavy atom. The van der Waals surface area contributed by atoms with Gasteiger partial charge in [-0.25, -0.2) is 4.79 Å². The average Bonchev–Trinajstić information content (AvgIpc) is 3.16. The maximum Gasteiger partial charge on any atom is 0.332 e. The normalized spacial score (nSPS) is 13.7. The number of Topliss-reactive ketones (excluding diaryl/α,β-unsaturated/α-hetero) is 1. The Labute approximate surface area is 154 Å². The molecule has 0 amide bonds. The van der Waals surface area contributed by atoms with Crippen LogP contribution >= 0.6 is 0 Å². The largest absolute Gasteiger partial charge is 0.497 e. The van der Waals surface area contributed by atoms with Crippen LogP contribution in [0, 0.1) is 0 Å². The zero-order valence-electron chi connectivity index (χ0n) is 15.2. The molecule has 3 N–H and O–H groups in total. The summed E-state index contributed by atoms with van der Waals surface area (Å²) in [7, 11) is 4.37. The predicted octanol–water partition coefficient (Wildman–Crippen LogP) is 0.254. The van der Waals surface area contributed by atoms with Crippen LogP contribution < -0.4 is 27.0 Å². The lowest BCUT2D eigenvalue weighted by molar-refractivity contribution is 0.101. The average molecular weight is 372 g/mol. The lowest BCUT2D eigenvalue weighted by Gasteiger charge is -2.14. The van der Waals surface area contributed by atoms with E-state index in [2.05, 4.69) is 5.32 Å². The summed E-state index contributed by atoms with van der Waals surface area (Å²) in [5, 5.41) is 2.90. The number of hydrogen-bond donors (Lipinski definition) is 2. The van der Waals surface area contributed by atoms with Crippen molar-refractivity contribution >= 4 is 17.3 Å². The van der Waals surface area contributed by atoms with Gasteiger partial charge in [0.15, 0.2) is 5.78 Å². The third kappa shape index (κ3) is 3.24. The Morgan fingerprint density at radius 3 is 2.44 bits per heavy atom. The molecule has 9 nitrogen and oxygen atoms in total. The summed E-state index contributed by atoms with van der Waals surface area (Å²) in [5.74, 6) is 0.402. The van der Waals surface area contributed by atoms with E-state index < -0.39 is 11.2 Å². The first-order chi connectivity index (χ1) is 12.8. The Balaban J connectivity index is 2.00. The van der Waals surface area contributed by atoms with Crippen LogP contribution in [0.4, 0.5) is 11.5 Å². The molecule has 0 bridgehead atoms. The minimum atomic E-state index is -0.578. The Kier molecular flexibility index (Phi) is 4.87. The molecule has 1 aliphatic rings. The standard InChI is InChI=1S/C18H20N4O5/c1-21-16(19)14(17(24)22(2)18(21)25)20-13-9-27-8-12(13)15(23)10-4-6-11(26-3)7-5-10/h4-7,20H,8-9,19H2,1-3H3. The number of carbonyl (C=O) groups excluding carboxylic acids is 1. The Hall–Kier alpha value is -3.33. The van der Waals surface area contributed by atoms with Crippen molar-refractivity contribution in [1.82, 2.24) is 9.13 Å². The summed E-state index contributed by atoms with van der Waals surface area (Å²) in [6.45, 7) is 0.238. The molecular formula is C18H20N4O5. The zero-order chi connectivity index (χ0) is 19.7. The molecule has 0 atom stereocenters. The van der Waals surface area contributed by atoms with Crippen molar-refractivity contribution in [1.29, 1.82) is 0 Å². The number of anilines is 2. The SMILES string of the molecule is COc1ccc(C(=O)C2=C(Nc3c(N)n(C)c(=O)n(C)c3=O)COC2)cc1. The van der Waals surface area contributed by atoms with Crippen LogP contribution in [0.25, 0.3) is 0 Å². The molecule has 3 rings (SSSR count). The second kappa shape index (κ2) is 7.12. The van der Waals surface area contributed by atoms with Crippen LogP contribution in [-0.2, 0) is 18.8 Å². The first-order valence-electron chi connectivity index (χ1n) is 8.16. The maximum atomic E-state index is 12.8. The Morgan fingerprint density at radius 2 is 1.81 bits per heavy atom. The van der Waals surface area contributed by atoms with Crippen molar-refractivity contribution in [3.8, 4) is 5.75 Å². The van der Waals surface area contributed by atoms with Gasteiger partial charge < -0.3 is 20.5 Å². The topological polar surface area (TPSA) is 118 Å². The lowest BCUT2D eigenvalue weighted by atomic mass is 10.0. The summed E-state index contributed by atoms with van der Waals surface area (Å²) in [6, 6.07) is 6.70. The van der Waals surface area contributed by atoms with Crippen LogP contribution in [0.15, 0.2) is 45.1 Å². The van der Waals surface area contributed by atoms with Gasteiger partial charge in [0.05, 0.1) is 26.0 Å². The van der Waals surface area contributed by atoms with Crippen molar-refractivity contribution in [2.45, 2.75) is 0 Å². The summed E-state index contributed by atoms with van der Waals surface area (Å²) in [4.78, 5) is 37.2. The highest BCUT2D eigenvalue weighted by Crippen LogP contribution is 2.23. The minimum Gasteiger partial charge on any atom is -0.497 e. The van der Waals surface area contributed by atoms with Crippen LogP contribution in [0.1, 0.15) is 10.4 Å². The number of nitrogens with two attached hydrogens (primary N) is 1. The van der Waals surface area contributed by atoms with Gasteiger partial charge in [0.2, 0.25) is 0 Å². The number of methoxy groups -OCH3 is 1. The van der Waals surface area contributed by atoms with Gasteiger partial charge in [0.1, 0.15) is 17.3 Å².